The third-order valence-electron chi connectivity index (χ3n) is 4.67. The van der Waals surface area contributed by atoms with E-state index in [1.165, 1.54) is 4.90 Å². The first kappa shape index (κ1) is 18.1. The summed E-state index contributed by atoms with van der Waals surface area (Å²) in [5.74, 6) is -0.0797. The molecule has 1 fully saturated rings. The minimum Gasteiger partial charge on any atom is -0.383 e. The standard InChI is InChI=1S/C19H24N4O3/c1-21-13-18(24)23(12-16-11-20-14-22(16)8-9-26-2)17(19(21)25)10-15-6-4-3-5-7-15/h3-7,11,14,17H,8-10,12-13H2,1-2H3/t17-/m0/s1. The number of hydrogen-bond donors (Lipinski definition) is 0. The predicted octanol–water partition coefficient (Wildman–Crippen LogP) is 0.941. The maximum Gasteiger partial charge on any atom is 0.245 e. The maximum atomic E-state index is 12.8. The van der Waals surface area contributed by atoms with Crippen LogP contribution in [0.3, 0.4) is 0 Å². The Morgan fingerprint density at radius 2 is 2.00 bits per heavy atom. The summed E-state index contributed by atoms with van der Waals surface area (Å²) in [7, 11) is 3.33. The van der Waals surface area contributed by atoms with Crippen LogP contribution in [0.2, 0.25) is 0 Å². The fourth-order valence-corrected chi connectivity index (χ4v) is 3.21. The van der Waals surface area contributed by atoms with E-state index in [0.29, 0.717) is 26.1 Å². The molecule has 26 heavy (non-hydrogen) atoms. The summed E-state index contributed by atoms with van der Waals surface area (Å²) in [5, 5.41) is 0. The van der Waals surface area contributed by atoms with E-state index in [2.05, 4.69) is 4.98 Å². The van der Waals surface area contributed by atoms with Gasteiger partial charge >= 0.3 is 0 Å². The largest absolute Gasteiger partial charge is 0.383 e. The number of aromatic nitrogens is 2. The molecular formula is C19H24N4O3. The minimum atomic E-state index is -0.505. The van der Waals surface area contributed by atoms with E-state index in [4.69, 9.17) is 4.74 Å². The highest BCUT2D eigenvalue weighted by Crippen LogP contribution is 2.19. The molecule has 3 rings (SSSR count). The SMILES string of the molecule is COCCn1cncc1CN1C(=O)CN(C)C(=O)[C@@H]1Cc1ccccc1. The van der Waals surface area contributed by atoms with Gasteiger partial charge in [-0.3, -0.25) is 9.59 Å². The molecule has 1 saturated heterocycles. The predicted molar refractivity (Wildman–Crippen MR) is 96.2 cm³/mol. The molecule has 0 aliphatic carbocycles. The summed E-state index contributed by atoms with van der Waals surface area (Å²) in [6.07, 6.45) is 3.97. The van der Waals surface area contributed by atoms with Gasteiger partial charge in [-0.2, -0.15) is 0 Å². The molecule has 138 valence electrons. The molecule has 7 nitrogen and oxygen atoms in total. The van der Waals surface area contributed by atoms with Gasteiger partial charge in [0, 0.05) is 33.3 Å². The summed E-state index contributed by atoms with van der Waals surface area (Å²) < 4.78 is 7.08. The number of benzene rings is 1. The Morgan fingerprint density at radius 3 is 2.73 bits per heavy atom. The van der Waals surface area contributed by atoms with Gasteiger partial charge in [0.2, 0.25) is 11.8 Å². The number of likely N-dealkylation sites (N-methyl/N-ethyl adjacent to an activating group) is 1. The van der Waals surface area contributed by atoms with Gasteiger partial charge in [0.05, 0.1) is 31.7 Å². The summed E-state index contributed by atoms with van der Waals surface area (Å²) in [6, 6.07) is 9.28. The Bertz CT molecular complexity index is 759. The van der Waals surface area contributed by atoms with Gasteiger partial charge in [-0.05, 0) is 5.56 Å². The van der Waals surface area contributed by atoms with E-state index >= 15 is 0 Å². The van der Waals surface area contributed by atoms with Crippen molar-refractivity contribution in [1.82, 2.24) is 19.4 Å². The van der Waals surface area contributed by atoms with Crippen LogP contribution in [0.25, 0.3) is 0 Å². The van der Waals surface area contributed by atoms with Crippen molar-refractivity contribution in [2.75, 3.05) is 27.3 Å². The number of ether oxygens (including phenoxy) is 1. The smallest absolute Gasteiger partial charge is 0.245 e. The lowest BCUT2D eigenvalue weighted by Crippen LogP contribution is -2.59. The lowest BCUT2D eigenvalue weighted by molar-refractivity contribution is -0.155. The van der Waals surface area contributed by atoms with Gasteiger partial charge in [0.1, 0.15) is 6.04 Å². The van der Waals surface area contributed by atoms with Crippen molar-refractivity contribution >= 4 is 11.8 Å². The third-order valence-corrected chi connectivity index (χ3v) is 4.67. The first-order chi connectivity index (χ1) is 12.6. The molecule has 1 aromatic carbocycles. The van der Waals surface area contributed by atoms with Gasteiger partial charge in [0.25, 0.3) is 0 Å². The Balaban J connectivity index is 1.83. The van der Waals surface area contributed by atoms with Crippen LogP contribution >= 0.6 is 0 Å². The lowest BCUT2D eigenvalue weighted by Gasteiger charge is -2.39. The van der Waals surface area contributed by atoms with Crippen molar-refractivity contribution < 1.29 is 14.3 Å². The number of piperazine rings is 1. The van der Waals surface area contributed by atoms with Crippen LogP contribution in [0.15, 0.2) is 42.9 Å². The van der Waals surface area contributed by atoms with Crippen LogP contribution in [-0.4, -0.2) is 64.5 Å². The summed E-state index contributed by atoms with van der Waals surface area (Å²) in [5.41, 5.74) is 1.93. The molecule has 0 saturated carbocycles. The molecule has 0 N–H and O–H groups in total. The molecule has 2 heterocycles. The summed E-state index contributed by atoms with van der Waals surface area (Å²) >= 11 is 0. The molecule has 1 aliphatic heterocycles. The van der Waals surface area contributed by atoms with Crippen LogP contribution in [0, 0.1) is 0 Å². The van der Waals surface area contributed by atoms with Crippen molar-refractivity contribution in [3.63, 3.8) is 0 Å². The molecule has 2 aromatic rings. The quantitative estimate of drug-likeness (QED) is 0.741. The minimum absolute atomic E-state index is 0.0311. The van der Waals surface area contributed by atoms with E-state index in [0.717, 1.165) is 11.3 Å². The first-order valence-corrected chi connectivity index (χ1v) is 8.66. The van der Waals surface area contributed by atoms with E-state index in [1.807, 2.05) is 34.9 Å². The highest BCUT2D eigenvalue weighted by Gasteiger charge is 2.38. The first-order valence-electron chi connectivity index (χ1n) is 8.66. The molecule has 1 aliphatic rings. The lowest BCUT2D eigenvalue weighted by atomic mass is 10.0. The molecule has 0 radical (unpaired) electrons. The van der Waals surface area contributed by atoms with E-state index < -0.39 is 6.04 Å². The number of hydrogen-bond acceptors (Lipinski definition) is 4. The zero-order valence-electron chi connectivity index (χ0n) is 15.2. The number of carbonyl (C=O) groups is 2. The normalized spacial score (nSPS) is 17.8. The van der Waals surface area contributed by atoms with Gasteiger partial charge in [-0.25, -0.2) is 4.98 Å². The summed E-state index contributed by atoms with van der Waals surface area (Å²) in [4.78, 5) is 32.8. The van der Waals surface area contributed by atoms with Crippen LogP contribution in [0.1, 0.15) is 11.3 Å². The molecule has 1 aromatic heterocycles. The van der Waals surface area contributed by atoms with E-state index in [-0.39, 0.29) is 18.4 Å². The summed E-state index contributed by atoms with van der Waals surface area (Å²) in [6.45, 7) is 1.69. The fraction of sp³-hybridized carbons (Fsp3) is 0.421. The van der Waals surface area contributed by atoms with Crippen molar-refractivity contribution in [3.8, 4) is 0 Å². The topological polar surface area (TPSA) is 67.7 Å². The number of carbonyl (C=O) groups excluding carboxylic acids is 2. The molecule has 1 atom stereocenters. The average Bonchev–Trinajstić information content (AvgIpc) is 3.08. The number of methoxy groups -OCH3 is 1. The number of nitrogens with zero attached hydrogens (tertiary/aromatic N) is 4. The zero-order valence-corrected chi connectivity index (χ0v) is 15.2. The molecule has 0 bridgehead atoms. The molecule has 0 spiro atoms. The van der Waals surface area contributed by atoms with Gasteiger partial charge in [0.15, 0.2) is 0 Å². The van der Waals surface area contributed by atoms with Gasteiger partial charge in [-0.1, -0.05) is 30.3 Å². The Kier molecular flexibility index (Phi) is 5.68. The molecule has 2 amide bonds. The third kappa shape index (κ3) is 3.94. The second-order valence-electron chi connectivity index (χ2n) is 6.49. The monoisotopic (exact) mass is 356 g/mol. The fourth-order valence-electron chi connectivity index (χ4n) is 3.21. The number of imidazole rings is 1. The van der Waals surface area contributed by atoms with Crippen molar-refractivity contribution in [2.24, 2.45) is 0 Å². The van der Waals surface area contributed by atoms with Gasteiger partial charge in [-0.15, -0.1) is 0 Å². The number of rotatable bonds is 7. The maximum absolute atomic E-state index is 12.8. The highest BCUT2D eigenvalue weighted by atomic mass is 16.5. The second-order valence-corrected chi connectivity index (χ2v) is 6.49. The Hall–Kier alpha value is -2.67. The van der Waals surface area contributed by atoms with E-state index in [9.17, 15) is 9.59 Å². The van der Waals surface area contributed by atoms with Crippen LogP contribution < -0.4 is 0 Å². The Labute approximate surface area is 153 Å². The molecular weight excluding hydrogens is 332 g/mol. The van der Waals surface area contributed by atoms with Crippen molar-refractivity contribution in [3.05, 3.63) is 54.1 Å². The molecule has 7 heteroatoms. The van der Waals surface area contributed by atoms with E-state index in [1.54, 1.807) is 31.6 Å². The van der Waals surface area contributed by atoms with Crippen molar-refractivity contribution in [1.29, 1.82) is 0 Å². The van der Waals surface area contributed by atoms with Crippen LogP contribution in [-0.2, 0) is 33.8 Å². The highest BCUT2D eigenvalue weighted by molar-refractivity contribution is 5.94. The van der Waals surface area contributed by atoms with Crippen molar-refractivity contribution in [2.45, 2.75) is 25.6 Å². The van der Waals surface area contributed by atoms with Crippen LogP contribution in [0.4, 0.5) is 0 Å². The average molecular weight is 356 g/mol. The van der Waals surface area contributed by atoms with Crippen LogP contribution in [0.5, 0.6) is 0 Å². The molecule has 0 unspecified atom stereocenters. The number of amides is 2. The van der Waals surface area contributed by atoms with Gasteiger partial charge < -0.3 is 19.1 Å². The second kappa shape index (κ2) is 8.14. The zero-order chi connectivity index (χ0) is 18.5. The Morgan fingerprint density at radius 1 is 1.23 bits per heavy atom.